The van der Waals surface area contributed by atoms with Crippen molar-refractivity contribution in [1.82, 2.24) is 19.1 Å². The molecule has 2 heterocycles. The second-order valence-electron chi connectivity index (χ2n) is 5.06. The lowest BCUT2D eigenvalue weighted by Gasteiger charge is -2.10. The minimum absolute atomic E-state index is 0.693. The molecular weight excluding hydrogens is 296 g/mol. The van der Waals surface area contributed by atoms with Gasteiger partial charge in [-0.05, 0) is 37.3 Å². The lowest BCUT2D eigenvalue weighted by molar-refractivity contribution is 0.865. The monoisotopic (exact) mass is 308 g/mol. The lowest BCUT2D eigenvalue weighted by atomic mass is 10.3. The first-order chi connectivity index (χ1) is 10.7. The first-order valence-electron chi connectivity index (χ1n) is 6.98. The molecule has 108 valence electrons. The Morgan fingerprint density at radius 1 is 1.05 bits per heavy atom. The maximum atomic E-state index is 6.18. The van der Waals surface area contributed by atoms with Gasteiger partial charge in [0.25, 0.3) is 0 Å². The molecule has 0 amide bonds. The van der Waals surface area contributed by atoms with Crippen molar-refractivity contribution < 1.29 is 0 Å². The Bertz CT molecular complexity index is 953. The van der Waals surface area contributed by atoms with Crippen molar-refractivity contribution in [3.63, 3.8) is 0 Å². The molecule has 2 aromatic heterocycles. The fourth-order valence-corrected chi connectivity index (χ4v) is 2.78. The second kappa shape index (κ2) is 5.00. The van der Waals surface area contributed by atoms with Crippen LogP contribution in [0, 0.1) is 6.92 Å². The van der Waals surface area contributed by atoms with Gasteiger partial charge in [0.2, 0.25) is 5.95 Å². The zero-order chi connectivity index (χ0) is 15.1. The minimum atomic E-state index is 0.693. The van der Waals surface area contributed by atoms with Crippen LogP contribution in [0.15, 0.2) is 60.9 Å². The molecule has 0 spiro atoms. The molecule has 2 aromatic carbocycles. The number of benzene rings is 2. The van der Waals surface area contributed by atoms with E-state index in [0.717, 1.165) is 28.5 Å². The van der Waals surface area contributed by atoms with Crippen LogP contribution in [-0.4, -0.2) is 19.1 Å². The number of hydrogen-bond donors (Lipinski definition) is 0. The molecule has 0 N–H and O–H groups in total. The van der Waals surface area contributed by atoms with Gasteiger partial charge >= 0.3 is 0 Å². The third-order valence-corrected chi connectivity index (χ3v) is 3.89. The normalized spacial score (nSPS) is 11.2. The molecule has 0 aliphatic rings. The fraction of sp³-hybridized carbons (Fsp3) is 0.0588. The van der Waals surface area contributed by atoms with Crippen molar-refractivity contribution in [2.45, 2.75) is 6.92 Å². The predicted octanol–water partition coefficient (Wildman–Crippen LogP) is 4.17. The van der Waals surface area contributed by atoms with Crippen LogP contribution < -0.4 is 0 Å². The fourth-order valence-electron chi connectivity index (χ4n) is 2.62. The third-order valence-electron chi connectivity index (χ3n) is 3.65. The van der Waals surface area contributed by atoms with Gasteiger partial charge in [-0.3, -0.25) is 9.13 Å². The van der Waals surface area contributed by atoms with Crippen LogP contribution in [0.1, 0.15) is 5.82 Å². The Morgan fingerprint density at radius 3 is 2.59 bits per heavy atom. The van der Waals surface area contributed by atoms with Gasteiger partial charge in [0, 0.05) is 23.1 Å². The Morgan fingerprint density at radius 2 is 1.86 bits per heavy atom. The summed E-state index contributed by atoms with van der Waals surface area (Å²) in [4.78, 5) is 9.06. The smallest absolute Gasteiger partial charge is 0.221 e. The van der Waals surface area contributed by atoms with Crippen molar-refractivity contribution in [3.05, 3.63) is 71.8 Å². The standard InChI is InChI=1S/C17H13ClN4/c1-12-19-9-10-21(12)17-20-15-8-7-13(18)11-16(15)22(17)14-5-3-2-4-6-14/h2-11H,1H3. The van der Waals surface area contributed by atoms with Crippen LogP contribution in [-0.2, 0) is 0 Å². The first kappa shape index (κ1) is 13.1. The Kier molecular flexibility index (Phi) is 2.98. The number of aryl methyl sites for hydroxylation is 1. The summed E-state index contributed by atoms with van der Waals surface area (Å²) in [5, 5.41) is 0.693. The van der Waals surface area contributed by atoms with E-state index in [1.54, 1.807) is 6.20 Å². The van der Waals surface area contributed by atoms with Gasteiger partial charge in [0.15, 0.2) is 0 Å². The number of aromatic nitrogens is 4. The van der Waals surface area contributed by atoms with E-state index in [1.807, 2.05) is 54.1 Å². The summed E-state index contributed by atoms with van der Waals surface area (Å²) in [6.07, 6.45) is 3.69. The molecule has 0 aliphatic heterocycles. The van der Waals surface area contributed by atoms with E-state index in [1.165, 1.54) is 0 Å². The first-order valence-corrected chi connectivity index (χ1v) is 7.35. The van der Waals surface area contributed by atoms with Crippen LogP contribution in [0.5, 0.6) is 0 Å². The SMILES string of the molecule is Cc1nccn1-c1nc2ccc(Cl)cc2n1-c1ccccc1. The molecule has 0 atom stereocenters. The maximum Gasteiger partial charge on any atom is 0.221 e. The molecule has 4 nitrogen and oxygen atoms in total. The molecule has 4 rings (SSSR count). The molecule has 0 saturated carbocycles. The highest BCUT2D eigenvalue weighted by Gasteiger charge is 2.15. The van der Waals surface area contributed by atoms with Crippen molar-refractivity contribution in [3.8, 4) is 11.6 Å². The topological polar surface area (TPSA) is 35.6 Å². The third kappa shape index (κ3) is 2.00. The zero-order valence-corrected chi connectivity index (χ0v) is 12.7. The zero-order valence-electron chi connectivity index (χ0n) is 11.9. The molecule has 0 aliphatic carbocycles. The summed E-state index contributed by atoms with van der Waals surface area (Å²) >= 11 is 6.18. The van der Waals surface area contributed by atoms with Gasteiger partial charge < -0.3 is 0 Å². The summed E-state index contributed by atoms with van der Waals surface area (Å²) in [5.41, 5.74) is 2.91. The van der Waals surface area contributed by atoms with Crippen molar-refractivity contribution in [2.24, 2.45) is 0 Å². The summed E-state index contributed by atoms with van der Waals surface area (Å²) in [5.74, 6) is 1.69. The highest BCUT2D eigenvalue weighted by molar-refractivity contribution is 6.31. The Labute approximate surface area is 132 Å². The molecule has 0 saturated heterocycles. The largest absolute Gasteiger partial charge is 0.278 e. The van der Waals surface area contributed by atoms with Gasteiger partial charge in [0.1, 0.15) is 5.82 Å². The summed E-state index contributed by atoms with van der Waals surface area (Å²) in [7, 11) is 0. The van der Waals surface area contributed by atoms with Crippen LogP contribution >= 0.6 is 11.6 Å². The highest BCUT2D eigenvalue weighted by Crippen LogP contribution is 2.26. The maximum absolute atomic E-state index is 6.18. The van der Waals surface area contributed by atoms with Crippen LogP contribution in [0.4, 0.5) is 0 Å². The van der Waals surface area contributed by atoms with Gasteiger partial charge in [0.05, 0.1) is 11.0 Å². The van der Waals surface area contributed by atoms with Gasteiger partial charge in [-0.15, -0.1) is 0 Å². The quantitative estimate of drug-likeness (QED) is 0.557. The molecule has 4 aromatic rings. The van der Waals surface area contributed by atoms with E-state index < -0.39 is 0 Å². The lowest BCUT2D eigenvalue weighted by Crippen LogP contribution is -2.06. The molecule has 0 bridgehead atoms. The van der Waals surface area contributed by atoms with E-state index in [-0.39, 0.29) is 0 Å². The van der Waals surface area contributed by atoms with E-state index in [9.17, 15) is 0 Å². The van der Waals surface area contributed by atoms with Crippen molar-refractivity contribution >= 4 is 22.6 Å². The number of fused-ring (bicyclic) bond motifs is 1. The van der Waals surface area contributed by atoms with Gasteiger partial charge in [-0.25, -0.2) is 9.97 Å². The average molecular weight is 309 g/mol. The van der Waals surface area contributed by atoms with Crippen LogP contribution in [0.3, 0.4) is 0 Å². The van der Waals surface area contributed by atoms with Gasteiger partial charge in [-0.1, -0.05) is 29.8 Å². The van der Waals surface area contributed by atoms with E-state index in [2.05, 4.69) is 21.7 Å². The average Bonchev–Trinajstić information content (AvgIpc) is 3.11. The summed E-state index contributed by atoms with van der Waals surface area (Å²) in [6, 6.07) is 15.9. The number of para-hydroxylation sites is 1. The van der Waals surface area contributed by atoms with E-state index in [4.69, 9.17) is 16.6 Å². The van der Waals surface area contributed by atoms with Gasteiger partial charge in [-0.2, -0.15) is 0 Å². The minimum Gasteiger partial charge on any atom is -0.278 e. The van der Waals surface area contributed by atoms with Crippen LogP contribution in [0.2, 0.25) is 5.02 Å². The number of imidazole rings is 2. The number of halogens is 1. The number of nitrogens with zero attached hydrogens (tertiary/aromatic N) is 4. The molecule has 5 heteroatoms. The molecule has 22 heavy (non-hydrogen) atoms. The number of rotatable bonds is 2. The van der Waals surface area contributed by atoms with E-state index >= 15 is 0 Å². The molecular formula is C17H13ClN4. The predicted molar refractivity (Wildman–Crippen MR) is 87.9 cm³/mol. The van der Waals surface area contributed by atoms with Crippen LogP contribution in [0.25, 0.3) is 22.7 Å². The van der Waals surface area contributed by atoms with Crippen molar-refractivity contribution in [2.75, 3.05) is 0 Å². The Hall–Kier alpha value is -2.59. The second-order valence-corrected chi connectivity index (χ2v) is 5.50. The van der Waals surface area contributed by atoms with E-state index in [0.29, 0.717) is 5.02 Å². The summed E-state index contributed by atoms with van der Waals surface area (Å²) < 4.78 is 4.07. The number of hydrogen-bond acceptors (Lipinski definition) is 2. The molecule has 0 radical (unpaired) electrons. The van der Waals surface area contributed by atoms with Crippen molar-refractivity contribution in [1.29, 1.82) is 0 Å². The molecule has 0 unspecified atom stereocenters. The Balaban J connectivity index is 2.10. The highest BCUT2D eigenvalue weighted by atomic mass is 35.5. The summed E-state index contributed by atoms with van der Waals surface area (Å²) in [6.45, 7) is 1.96. The molecule has 0 fully saturated rings.